The third-order valence-electron chi connectivity index (χ3n) is 2.80. The predicted octanol–water partition coefficient (Wildman–Crippen LogP) is 4.96. The van der Waals surface area contributed by atoms with Crippen molar-refractivity contribution in [3.8, 4) is 0 Å². The van der Waals surface area contributed by atoms with E-state index in [0.29, 0.717) is 12.0 Å². The highest BCUT2D eigenvalue weighted by Gasteiger charge is 2.34. The van der Waals surface area contributed by atoms with Gasteiger partial charge in [0.05, 0.1) is 5.56 Å². The zero-order valence-electron chi connectivity index (χ0n) is 10.8. The summed E-state index contributed by atoms with van der Waals surface area (Å²) in [5.74, 6) is 0. The van der Waals surface area contributed by atoms with Crippen LogP contribution in [0, 0.1) is 0 Å². The molecule has 0 bridgehead atoms. The molecule has 0 aliphatic rings. The lowest BCUT2D eigenvalue weighted by molar-refractivity contribution is -0.138. The second kappa shape index (κ2) is 4.71. The van der Waals surface area contributed by atoms with Crippen molar-refractivity contribution in [1.29, 1.82) is 0 Å². The van der Waals surface area contributed by atoms with Crippen molar-refractivity contribution in [3.05, 3.63) is 34.9 Å². The van der Waals surface area contributed by atoms with Gasteiger partial charge in [-0.3, -0.25) is 0 Å². The Morgan fingerprint density at radius 1 is 1.06 bits per heavy atom. The molecule has 0 unspecified atom stereocenters. The maximum absolute atomic E-state index is 12.9. The lowest BCUT2D eigenvalue weighted by Gasteiger charge is -2.22. The summed E-state index contributed by atoms with van der Waals surface area (Å²) in [6.45, 7) is 7.64. The van der Waals surface area contributed by atoms with E-state index in [2.05, 4.69) is 0 Å². The first-order valence-corrected chi connectivity index (χ1v) is 5.87. The van der Waals surface area contributed by atoms with E-state index in [1.165, 1.54) is 6.07 Å². The van der Waals surface area contributed by atoms with Crippen LogP contribution in [0.1, 0.15) is 50.8 Å². The fraction of sp³-hybridized carbons (Fsp3) is 0.571. The minimum atomic E-state index is -4.26. The summed E-state index contributed by atoms with van der Waals surface area (Å²) in [4.78, 5) is 0. The molecule has 1 rings (SSSR count). The van der Waals surface area contributed by atoms with Crippen molar-refractivity contribution in [2.24, 2.45) is 0 Å². The number of alkyl halides is 3. The number of hydrogen-bond donors (Lipinski definition) is 0. The standard InChI is InChI=1S/C14H19F3/c1-5-6-10-7-8-11(13(2,3)4)9-12(10)14(15,16)17/h7-9H,5-6H2,1-4H3. The van der Waals surface area contributed by atoms with Gasteiger partial charge < -0.3 is 0 Å². The molecule has 0 nitrogen and oxygen atoms in total. The van der Waals surface area contributed by atoms with Crippen molar-refractivity contribution < 1.29 is 13.2 Å². The third-order valence-corrected chi connectivity index (χ3v) is 2.80. The summed E-state index contributed by atoms with van der Waals surface area (Å²) in [5, 5.41) is 0. The molecule has 0 aliphatic carbocycles. The molecule has 0 atom stereocenters. The summed E-state index contributed by atoms with van der Waals surface area (Å²) >= 11 is 0. The summed E-state index contributed by atoms with van der Waals surface area (Å²) < 4.78 is 38.8. The van der Waals surface area contributed by atoms with Gasteiger partial charge in [0.25, 0.3) is 0 Å². The average molecular weight is 244 g/mol. The summed E-state index contributed by atoms with van der Waals surface area (Å²) in [6.07, 6.45) is -3.07. The highest BCUT2D eigenvalue weighted by atomic mass is 19.4. The van der Waals surface area contributed by atoms with E-state index in [-0.39, 0.29) is 5.41 Å². The first kappa shape index (κ1) is 14.1. The topological polar surface area (TPSA) is 0 Å². The van der Waals surface area contributed by atoms with Crippen LogP contribution in [0.2, 0.25) is 0 Å². The van der Waals surface area contributed by atoms with Gasteiger partial charge in [-0.2, -0.15) is 13.2 Å². The quantitative estimate of drug-likeness (QED) is 0.690. The molecule has 0 aliphatic heterocycles. The zero-order valence-corrected chi connectivity index (χ0v) is 10.8. The Hall–Kier alpha value is -0.990. The van der Waals surface area contributed by atoms with Gasteiger partial charge in [0.1, 0.15) is 0 Å². The molecular formula is C14H19F3. The van der Waals surface area contributed by atoms with E-state index in [0.717, 1.165) is 12.0 Å². The molecule has 0 spiro atoms. The fourth-order valence-corrected chi connectivity index (χ4v) is 1.79. The Morgan fingerprint density at radius 3 is 2.06 bits per heavy atom. The molecule has 0 amide bonds. The first-order chi connectivity index (χ1) is 7.66. The van der Waals surface area contributed by atoms with Gasteiger partial charge >= 0.3 is 6.18 Å². The lowest BCUT2D eigenvalue weighted by atomic mass is 9.84. The molecule has 17 heavy (non-hydrogen) atoms. The number of rotatable bonds is 2. The smallest absolute Gasteiger partial charge is 0.166 e. The lowest BCUT2D eigenvalue weighted by Crippen LogP contribution is -2.15. The summed E-state index contributed by atoms with van der Waals surface area (Å²) in [7, 11) is 0. The van der Waals surface area contributed by atoms with E-state index in [1.807, 2.05) is 27.7 Å². The number of benzene rings is 1. The number of aryl methyl sites for hydroxylation is 1. The second-order valence-electron chi connectivity index (χ2n) is 5.37. The van der Waals surface area contributed by atoms with Crippen LogP contribution >= 0.6 is 0 Å². The Kier molecular flexibility index (Phi) is 3.90. The Labute approximate surface area is 101 Å². The highest BCUT2D eigenvalue weighted by Crippen LogP contribution is 2.35. The van der Waals surface area contributed by atoms with Crippen LogP contribution in [-0.2, 0) is 18.0 Å². The number of hydrogen-bond acceptors (Lipinski definition) is 0. The largest absolute Gasteiger partial charge is 0.416 e. The molecule has 96 valence electrons. The molecular weight excluding hydrogens is 225 g/mol. The van der Waals surface area contributed by atoms with Crippen LogP contribution in [-0.4, -0.2) is 0 Å². The van der Waals surface area contributed by atoms with Gasteiger partial charge in [-0.15, -0.1) is 0 Å². The SMILES string of the molecule is CCCc1ccc(C(C)(C)C)cc1C(F)(F)F. The molecule has 0 N–H and O–H groups in total. The minimum absolute atomic E-state index is 0.259. The van der Waals surface area contributed by atoms with Crippen LogP contribution in [0.5, 0.6) is 0 Å². The maximum Gasteiger partial charge on any atom is 0.416 e. The molecule has 0 saturated heterocycles. The normalized spacial score (nSPS) is 12.9. The van der Waals surface area contributed by atoms with Gasteiger partial charge in [0, 0.05) is 0 Å². The van der Waals surface area contributed by atoms with Crippen molar-refractivity contribution in [1.82, 2.24) is 0 Å². The number of halogens is 3. The fourth-order valence-electron chi connectivity index (χ4n) is 1.79. The van der Waals surface area contributed by atoms with E-state index in [4.69, 9.17) is 0 Å². The minimum Gasteiger partial charge on any atom is -0.166 e. The Balaban J connectivity index is 3.30. The highest BCUT2D eigenvalue weighted by molar-refractivity contribution is 5.37. The van der Waals surface area contributed by atoms with Crippen LogP contribution in [0.25, 0.3) is 0 Å². The first-order valence-electron chi connectivity index (χ1n) is 5.87. The molecule has 0 heterocycles. The Bertz CT molecular complexity index is 383. The van der Waals surface area contributed by atoms with Gasteiger partial charge in [-0.1, -0.05) is 46.2 Å². The second-order valence-corrected chi connectivity index (χ2v) is 5.37. The van der Waals surface area contributed by atoms with Gasteiger partial charge in [-0.05, 0) is 29.0 Å². The molecule has 0 radical (unpaired) electrons. The van der Waals surface area contributed by atoms with E-state index >= 15 is 0 Å². The van der Waals surface area contributed by atoms with E-state index in [9.17, 15) is 13.2 Å². The van der Waals surface area contributed by atoms with E-state index in [1.54, 1.807) is 12.1 Å². The Morgan fingerprint density at radius 2 is 1.65 bits per heavy atom. The van der Waals surface area contributed by atoms with Crippen molar-refractivity contribution in [3.63, 3.8) is 0 Å². The zero-order chi connectivity index (χ0) is 13.3. The van der Waals surface area contributed by atoms with Crippen molar-refractivity contribution in [2.45, 2.75) is 52.1 Å². The molecule has 3 heteroatoms. The predicted molar refractivity (Wildman–Crippen MR) is 64.1 cm³/mol. The van der Waals surface area contributed by atoms with Crippen LogP contribution < -0.4 is 0 Å². The maximum atomic E-state index is 12.9. The van der Waals surface area contributed by atoms with E-state index < -0.39 is 11.7 Å². The van der Waals surface area contributed by atoms with Gasteiger partial charge in [0.2, 0.25) is 0 Å². The monoisotopic (exact) mass is 244 g/mol. The van der Waals surface area contributed by atoms with Crippen LogP contribution in [0.3, 0.4) is 0 Å². The van der Waals surface area contributed by atoms with Crippen LogP contribution in [0.4, 0.5) is 13.2 Å². The van der Waals surface area contributed by atoms with Gasteiger partial charge in [0.15, 0.2) is 0 Å². The van der Waals surface area contributed by atoms with Gasteiger partial charge in [-0.25, -0.2) is 0 Å². The molecule has 1 aromatic rings. The summed E-state index contributed by atoms with van der Waals surface area (Å²) in [6, 6.07) is 4.72. The van der Waals surface area contributed by atoms with Crippen LogP contribution in [0.15, 0.2) is 18.2 Å². The van der Waals surface area contributed by atoms with Crippen molar-refractivity contribution in [2.75, 3.05) is 0 Å². The third kappa shape index (κ3) is 3.48. The molecule has 0 fully saturated rings. The summed E-state index contributed by atoms with van der Waals surface area (Å²) in [5.41, 5.74) is 0.384. The van der Waals surface area contributed by atoms with Crippen molar-refractivity contribution >= 4 is 0 Å². The molecule has 0 saturated carbocycles. The average Bonchev–Trinajstić information content (AvgIpc) is 2.15. The molecule has 1 aromatic carbocycles. The molecule has 0 aromatic heterocycles.